The lowest BCUT2D eigenvalue weighted by Crippen LogP contribution is -2.23. The van der Waals surface area contributed by atoms with Crippen LogP contribution in [0.15, 0.2) is 65.6 Å². The van der Waals surface area contributed by atoms with Crippen molar-refractivity contribution in [2.45, 2.75) is 0 Å². The van der Waals surface area contributed by atoms with E-state index in [2.05, 4.69) is 29.2 Å². The number of furan rings is 1. The highest BCUT2D eigenvalue weighted by Gasteiger charge is 2.14. The summed E-state index contributed by atoms with van der Waals surface area (Å²) in [4.78, 5) is 0. The third kappa shape index (κ3) is 1.48. The highest BCUT2D eigenvalue weighted by molar-refractivity contribution is 6.09. The van der Waals surface area contributed by atoms with Crippen LogP contribution in [0.4, 0.5) is 0 Å². The van der Waals surface area contributed by atoms with E-state index in [9.17, 15) is 0 Å². The molecule has 4 rings (SSSR count). The summed E-state index contributed by atoms with van der Waals surface area (Å²) in [5.41, 5.74) is 3.00. The third-order valence-electron chi connectivity index (χ3n) is 3.43. The van der Waals surface area contributed by atoms with Crippen molar-refractivity contribution in [3.05, 3.63) is 61.2 Å². The van der Waals surface area contributed by atoms with Gasteiger partial charge in [0.25, 0.3) is 0 Å². The summed E-state index contributed by atoms with van der Waals surface area (Å²) in [7, 11) is 2.02. The van der Waals surface area contributed by atoms with E-state index in [0.717, 1.165) is 27.6 Å². The average Bonchev–Trinajstić information content (AvgIpc) is 3.01. The lowest BCUT2D eigenvalue weighted by atomic mass is 10.1. The molecule has 0 aliphatic heterocycles. The number of aryl methyl sites for hydroxylation is 1. The van der Waals surface area contributed by atoms with E-state index >= 15 is 0 Å². The van der Waals surface area contributed by atoms with E-state index < -0.39 is 0 Å². The van der Waals surface area contributed by atoms with E-state index in [-0.39, 0.29) is 0 Å². The van der Waals surface area contributed by atoms with Crippen LogP contribution < -0.4 is 4.57 Å². The van der Waals surface area contributed by atoms with Crippen molar-refractivity contribution in [2.24, 2.45) is 7.05 Å². The summed E-state index contributed by atoms with van der Waals surface area (Å²) >= 11 is 0. The molecule has 0 aliphatic carbocycles. The molecule has 2 heterocycles. The van der Waals surface area contributed by atoms with Crippen molar-refractivity contribution in [2.75, 3.05) is 0 Å². The molecule has 0 saturated heterocycles. The van der Waals surface area contributed by atoms with Crippen molar-refractivity contribution < 1.29 is 8.98 Å². The van der Waals surface area contributed by atoms with E-state index in [1.54, 1.807) is 0 Å². The zero-order valence-corrected chi connectivity index (χ0v) is 10.6. The van der Waals surface area contributed by atoms with Crippen LogP contribution >= 0.6 is 0 Å². The molecule has 0 saturated carbocycles. The van der Waals surface area contributed by atoms with Gasteiger partial charge in [0.1, 0.15) is 29.2 Å². The van der Waals surface area contributed by atoms with Crippen LogP contribution in [0.5, 0.6) is 0 Å². The van der Waals surface area contributed by atoms with E-state index in [1.807, 2.05) is 48.1 Å². The van der Waals surface area contributed by atoms with Gasteiger partial charge in [0.15, 0.2) is 0 Å². The normalized spacial score (nSPS) is 11.4. The summed E-state index contributed by atoms with van der Waals surface area (Å²) in [5, 5.41) is 2.32. The maximum absolute atomic E-state index is 5.90. The van der Waals surface area contributed by atoms with Crippen molar-refractivity contribution in [1.29, 1.82) is 0 Å². The van der Waals surface area contributed by atoms with Crippen LogP contribution in [0.2, 0.25) is 0 Å². The van der Waals surface area contributed by atoms with Crippen molar-refractivity contribution in [1.82, 2.24) is 4.57 Å². The average molecular weight is 249 g/mol. The molecule has 2 aromatic heterocycles. The standard InChI is InChI=1S/C16H13N2O/c1-17-9-10-18(11-17)13-6-4-8-15-16(13)12-5-2-3-7-14(12)19-15/h2-11H,1H3/q+1. The molecule has 0 amide bonds. The van der Waals surface area contributed by atoms with Gasteiger partial charge in [-0.25, -0.2) is 9.13 Å². The molecule has 0 bridgehead atoms. The number of hydrogen-bond acceptors (Lipinski definition) is 1. The number of nitrogens with zero attached hydrogens (tertiary/aromatic N) is 2. The van der Waals surface area contributed by atoms with E-state index in [1.165, 1.54) is 0 Å². The maximum Gasteiger partial charge on any atom is 0.248 e. The van der Waals surface area contributed by atoms with E-state index in [4.69, 9.17) is 4.42 Å². The first kappa shape index (κ1) is 10.4. The second-order valence-corrected chi connectivity index (χ2v) is 4.73. The Hall–Kier alpha value is -2.55. The Balaban J connectivity index is 2.16. The first-order valence-corrected chi connectivity index (χ1v) is 6.27. The van der Waals surface area contributed by atoms with Gasteiger partial charge in [0.05, 0.1) is 12.4 Å². The number of fused-ring (bicyclic) bond motifs is 3. The van der Waals surface area contributed by atoms with Crippen molar-refractivity contribution in [3.63, 3.8) is 0 Å². The molecule has 4 aromatic rings. The number of benzene rings is 2. The summed E-state index contributed by atoms with van der Waals surface area (Å²) in [5.74, 6) is 0. The Morgan fingerprint density at radius 2 is 1.84 bits per heavy atom. The van der Waals surface area contributed by atoms with Crippen LogP contribution in [0.3, 0.4) is 0 Å². The van der Waals surface area contributed by atoms with Gasteiger partial charge in [0, 0.05) is 5.39 Å². The van der Waals surface area contributed by atoms with Gasteiger partial charge in [0.2, 0.25) is 6.33 Å². The molecule has 0 aliphatic rings. The third-order valence-corrected chi connectivity index (χ3v) is 3.43. The smallest absolute Gasteiger partial charge is 0.248 e. The van der Waals surface area contributed by atoms with Gasteiger partial charge in [-0.3, -0.25) is 0 Å². The van der Waals surface area contributed by atoms with Crippen LogP contribution in [-0.2, 0) is 7.05 Å². The van der Waals surface area contributed by atoms with Gasteiger partial charge in [-0.2, -0.15) is 0 Å². The van der Waals surface area contributed by atoms with Gasteiger partial charge in [-0.1, -0.05) is 24.3 Å². The fourth-order valence-electron chi connectivity index (χ4n) is 2.56. The Kier molecular flexibility index (Phi) is 2.03. The molecule has 3 nitrogen and oxygen atoms in total. The zero-order chi connectivity index (χ0) is 12.8. The Labute approximate surface area is 110 Å². The number of aromatic nitrogens is 2. The molecular formula is C16H13N2O+. The van der Waals surface area contributed by atoms with E-state index in [0.29, 0.717) is 0 Å². The zero-order valence-electron chi connectivity index (χ0n) is 10.6. The van der Waals surface area contributed by atoms with Gasteiger partial charge >= 0.3 is 0 Å². The maximum atomic E-state index is 5.90. The highest BCUT2D eigenvalue weighted by atomic mass is 16.3. The van der Waals surface area contributed by atoms with Gasteiger partial charge in [-0.15, -0.1) is 0 Å². The second-order valence-electron chi connectivity index (χ2n) is 4.73. The van der Waals surface area contributed by atoms with Crippen molar-refractivity contribution >= 4 is 21.9 Å². The SMILES string of the molecule is C[n+]1ccn(-c2cccc3oc4ccccc4c23)c1. The number of rotatable bonds is 1. The minimum atomic E-state index is 0.926. The molecule has 0 N–H and O–H groups in total. The van der Waals surface area contributed by atoms with Crippen LogP contribution in [0.25, 0.3) is 27.6 Å². The predicted molar refractivity (Wildman–Crippen MR) is 74.2 cm³/mol. The fraction of sp³-hybridized carbons (Fsp3) is 0.0625. The minimum Gasteiger partial charge on any atom is -0.456 e. The topological polar surface area (TPSA) is 21.9 Å². The molecule has 0 unspecified atom stereocenters. The molecule has 3 heteroatoms. The number of para-hydroxylation sites is 1. The molecule has 92 valence electrons. The Morgan fingerprint density at radius 3 is 2.68 bits per heavy atom. The minimum absolute atomic E-state index is 0.926. The number of imidazole rings is 1. The lowest BCUT2D eigenvalue weighted by Gasteiger charge is -1.97. The lowest BCUT2D eigenvalue weighted by molar-refractivity contribution is -0.670. The summed E-state index contributed by atoms with van der Waals surface area (Å²) in [6, 6.07) is 14.3. The van der Waals surface area contributed by atoms with Crippen molar-refractivity contribution in [3.8, 4) is 5.69 Å². The molecule has 0 spiro atoms. The predicted octanol–water partition coefficient (Wildman–Crippen LogP) is 3.20. The Bertz CT molecular complexity index is 886. The van der Waals surface area contributed by atoms with Gasteiger partial charge < -0.3 is 4.42 Å². The highest BCUT2D eigenvalue weighted by Crippen LogP contribution is 2.32. The second kappa shape index (κ2) is 3.72. The molecule has 19 heavy (non-hydrogen) atoms. The molecule has 0 fully saturated rings. The quantitative estimate of drug-likeness (QED) is 0.475. The van der Waals surface area contributed by atoms with Crippen LogP contribution in [0.1, 0.15) is 0 Å². The summed E-state index contributed by atoms with van der Waals surface area (Å²) in [6.07, 6.45) is 6.13. The molecular weight excluding hydrogens is 236 g/mol. The fourth-order valence-corrected chi connectivity index (χ4v) is 2.56. The largest absolute Gasteiger partial charge is 0.456 e. The van der Waals surface area contributed by atoms with Crippen LogP contribution in [-0.4, -0.2) is 4.57 Å². The molecule has 0 radical (unpaired) electrons. The van der Waals surface area contributed by atoms with Crippen LogP contribution in [0, 0.1) is 0 Å². The number of hydrogen-bond donors (Lipinski definition) is 0. The first-order chi connectivity index (χ1) is 9.33. The monoisotopic (exact) mass is 249 g/mol. The summed E-state index contributed by atoms with van der Waals surface area (Å²) in [6.45, 7) is 0. The van der Waals surface area contributed by atoms with Gasteiger partial charge in [-0.05, 0) is 18.2 Å². The first-order valence-electron chi connectivity index (χ1n) is 6.27. The summed E-state index contributed by atoms with van der Waals surface area (Å²) < 4.78 is 10.0. The molecule has 2 aromatic carbocycles. The molecule has 0 atom stereocenters. The Morgan fingerprint density at radius 1 is 1.00 bits per heavy atom.